The van der Waals surface area contributed by atoms with E-state index in [0.717, 1.165) is 12.8 Å². The molecule has 0 bridgehead atoms. The molecular formula is C13H22O2. The molecule has 0 aromatic heterocycles. The van der Waals surface area contributed by atoms with Crippen LogP contribution < -0.4 is 0 Å². The molecule has 0 radical (unpaired) electrons. The van der Waals surface area contributed by atoms with Gasteiger partial charge in [-0.15, -0.1) is 11.8 Å². The van der Waals surface area contributed by atoms with E-state index >= 15 is 0 Å². The van der Waals surface area contributed by atoms with Crippen molar-refractivity contribution < 1.29 is 9.84 Å². The SMILES string of the molecule is CC#CCCC(O)C1C(C)OC(C)C1C. The second-order valence-electron chi connectivity index (χ2n) is 4.52. The lowest BCUT2D eigenvalue weighted by Crippen LogP contribution is -2.30. The maximum atomic E-state index is 10.1. The molecule has 0 saturated carbocycles. The summed E-state index contributed by atoms with van der Waals surface area (Å²) in [7, 11) is 0. The van der Waals surface area contributed by atoms with Crippen molar-refractivity contribution in [2.45, 2.75) is 58.8 Å². The minimum Gasteiger partial charge on any atom is -0.393 e. The van der Waals surface area contributed by atoms with Crippen LogP contribution in [0.3, 0.4) is 0 Å². The Morgan fingerprint density at radius 3 is 2.40 bits per heavy atom. The van der Waals surface area contributed by atoms with Gasteiger partial charge in [0, 0.05) is 12.3 Å². The Kier molecular flexibility index (Phi) is 4.63. The summed E-state index contributed by atoms with van der Waals surface area (Å²) < 4.78 is 5.72. The van der Waals surface area contributed by atoms with Crippen LogP contribution in [-0.2, 0) is 4.74 Å². The van der Waals surface area contributed by atoms with Crippen LogP contribution in [0.25, 0.3) is 0 Å². The molecule has 0 aromatic rings. The molecule has 1 aliphatic rings. The maximum Gasteiger partial charge on any atom is 0.0607 e. The van der Waals surface area contributed by atoms with E-state index in [2.05, 4.69) is 32.6 Å². The number of aliphatic hydroxyl groups is 1. The lowest BCUT2D eigenvalue weighted by atomic mass is 9.83. The predicted octanol–water partition coefficient (Wildman–Crippen LogP) is 2.21. The number of rotatable bonds is 3. The second kappa shape index (κ2) is 5.53. The van der Waals surface area contributed by atoms with Gasteiger partial charge in [-0.2, -0.15) is 0 Å². The molecule has 2 heteroatoms. The highest BCUT2D eigenvalue weighted by Crippen LogP contribution is 2.35. The van der Waals surface area contributed by atoms with Gasteiger partial charge in [-0.05, 0) is 33.1 Å². The maximum absolute atomic E-state index is 10.1. The minimum absolute atomic E-state index is 0.166. The van der Waals surface area contributed by atoms with E-state index < -0.39 is 0 Å². The van der Waals surface area contributed by atoms with Crippen molar-refractivity contribution in [2.24, 2.45) is 11.8 Å². The van der Waals surface area contributed by atoms with Gasteiger partial charge in [0.15, 0.2) is 0 Å². The highest BCUT2D eigenvalue weighted by atomic mass is 16.5. The van der Waals surface area contributed by atoms with Crippen LogP contribution in [0.5, 0.6) is 0 Å². The summed E-state index contributed by atoms with van der Waals surface area (Å²) >= 11 is 0. The minimum atomic E-state index is -0.277. The highest BCUT2D eigenvalue weighted by molar-refractivity contribution is 4.96. The van der Waals surface area contributed by atoms with Gasteiger partial charge in [-0.3, -0.25) is 0 Å². The third-order valence-corrected chi connectivity index (χ3v) is 3.51. The zero-order valence-corrected chi connectivity index (χ0v) is 10.2. The Morgan fingerprint density at radius 2 is 1.93 bits per heavy atom. The van der Waals surface area contributed by atoms with Crippen LogP contribution in [0.4, 0.5) is 0 Å². The van der Waals surface area contributed by atoms with Gasteiger partial charge < -0.3 is 9.84 Å². The predicted molar refractivity (Wildman–Crippen MR) is 61.4 cm³/mol. The zero-order valence-electron chi connectivity index (χ0n) is 10.2. The fourth-order valence-electron chi connectivity index (χ4n) is 2.49. The Labute approximate surface area is 93.0 Å². The van der Waals surface area contributed by atoms with Crippen molar-refractivity contribution >= 4 is 0 Å². The first-order valence-electron chi connectivity index (χ1n) is 5.81. The summed E-state index contributed by atoms with van der Waals surface area (Å²) in [6.45, 7) is 8.13. The van der Waals surface area contributed by atoms with Crippen molar-refractivity contribution in [1.82, 2.24) is 0 Å². The molecule has 1 heterocycles. The Hall–Kier alpha value is -0.520. The number of hydrogen-bond donors (Lipinski definition) is 1. The summed E-state index contributed by atoms with van der Waals surface area (Å²) in [5.74, 6) is 6.54. The van der Waals surface area contributed by atoms with Crippen molar-refractivity contribution in [3.05, 3.63) is 0 Å². The van der Waals surface area contributed by atoms with Gasteiger partial charge in [0.1, 0.15) is 0 Å². The van der Waals surface area contributed by atoms with Crippen LogP contribution in [0.1, 0.15) is 40.5 Å². The van der Waals surface area contributed by atoms with Crippen LogP contribution in [0, 0.1) is 23.7 Å². The number of hydrogen-bond acceptors (Lipinski definition) is 2. The number of ether oxygens (including phenoxy) is 1. The summed E-state index contributed by atoms with van der Waals surface area (Å²) in [5.41, 5.74) is 0. The summed E-state index contributed by atoms with van der Waals surface area (Å²) in [4.78, 5) is 0. The van der Waals surface area contributed by atoms with Gasteiger partial charge in [0.2, 0.25) is 0 Å². The molecule has 1 aliphatic heterocycles. The standard InChI is InChI=1S/C13H22O2/c1-5-6-7-8-12(14)13-9(2)10(3)15-11(13)4/h9-14H,7-8H2,1-4H3. The zero-order chi connectivity index (χ0) is 11.4. The van der Waals surface area contributed by atoms with Gasteiger partial charge in [0.25, 0.3) is 0 Å². The van der Waals surface area contributed by atoms with E-state index in [-0.39, 0.29) is 24.2 Å². The molecule has 15 heavy (non-hydrogen) atoms. The molecule has 0 aromatic carbocycles. The molecule has 2 nitrogen and oxygen atoms in total. The van der Waals surface area contributed by atoms with Gasteiger partial charge in [-0.1, -0.05) is 6.92 Å². The topological polar surface area (TPSA) is 29.5 Å². The summed E-state index contributed by atoms with van der Waals surface area (Å²) in [6.07, 6.45) is 1.69. The first-order chi connectivity index (χ1) is 7.07. The van der Waals surface area contributed by atoms with Crippen molar-refractivity contribution in [3.63, 3.8) is 0 Å². The van der Waals surface area contributed by atoms with E-state index in [0.29, 0.717) is 5.92 Å². The first kappa shape index (κ1) is 12.5. The molecule has 1 N–H and O–H groups in total. The Balaban J connectivity index is 2.49. The Bertz CT molecular complexity index is 251. The summed E-state index contributed by atoms with van der Waals surface area (Å²) in [5, 5.41) is 10.1. The third-order valence-electron chi connectivity index (χ3n) is 3.51. The normalized spacial score (nSPS) is 37.1. The quantitative estimate of drug-likeness (QED) is 0.724. The lowest BCUT2D eigenvalue weighted by molar-refractivity contribution is 0.0216. The number of aliphatic hydroxyl groups excluding tert-OH is 1. The monoisotopic (exact) mass is 210 g/mol. The molecule has 0 amide bonds. The van der Waals surface area contributed by atoms with Gasteiger partial charge in [-0.25, -0.2) is 0 Å². The average Bonchev–Trinajstić information content (AvgIpc) is 2.41. The fraction of sp³-hybridized carbons (Fsp3) is 0.846. The smallest absolute Gasteiger partial charge is 0.0607 e. The van der Waals surface area contributed by atoms with E-state index in [9.17, 15) is 5.11 Å². The average molecular weight is 210 g/mol. The van der Waals surface area contributed by atoms with Crippen LogP contribution in [-0.4, -0.2) is 23.4 Å². The molecule has 0 aliphatic carbocycles. The molecule has 1 rings (SSSR count). The highest BCUT2D eigenvalue weighted by Gasteiger charge is 2.40. The molecule has 5 atom stereocenters. The van der Waals surface area contributed by atoms with Crippen LogP contribution in [0.2, 0.25) is 0 Å². The molecule has 5 unspecified atom stereocenters. The largest absolute Gasteiger partial charge is 0.393 e. The van der Waals surface area contributed by atoms with E-state index in [1.165, 1.54) is 0 Å². The van der Waals surface area contributed by atoms with Gasteiger partial charge >= 0.3 is 0 Å². The van der Waals surface area contributed by atoms with E-state index in [1.807, 2.05) is 6.92 Å². The van der Waals surface area contributed by atoms with E-state index in [1.54, 1.807) is 0 Å². The third kappa shape index (κ3) is 2.96. The van der Waals surface area contributed by atoms with Gasteiger partial charge in [0.05, 0.1) is 18.3 Å². The van der Waals surface area contributed by atoms with E-state index in [4.69, 9.17) is 4.74 Å². The fourth-order valence-corrected chi connectivity index (χ4v) is 2.49. The van der Waals surface area contributed by atoms with Crippen LogP contribution >= 0.6 is 0 Å². The lowest BCUT2D eigenvalue weighted by Gasteiger charge is -2.23. The molecule has 1 saturated heterocycles. The van der Waals surface area contributed by atoms with Crippen LogP contribution in [0.15, 0.2) is 0 Å². The first-order valence-corrected chi connectivity index (χ1v) is 5.81. The molecule has 1 fully saturated rings. The second-order valence-corrected chi connectivity index (χ2v) is 4.52. The Morgan fingerprint density at radius 1 is 1.27 bits per heavy atom. The summed E-state index contributed by atoms with van der Waals surface area (Å²) in [6, 6.07) is 0. The molecule has 86 valence electrons. The van der Waals surface area contributed by atoms with Crippen molar-refractivity contribution in [3.8, 4) is 11.8 Å². The van der Waals surface area contributed by atoms with Crippen molar-refractivity contribution in [1.29, 1.82) is 0 Å². The molecular weight excluding hydrogens is 188 g/mol. The van der Waals surface area contributed by atoms with Crippen molar-refractivity contribution in [2.75, 3.05) is 0 Å². The molecule has 0 spiro atoms.